The molecule has 0 unspecified atom stereocenters. The lowest BCUT2D eigenvalue weighted by atomic mass is 10.0. The summed E-state index contributed by atoms with van der Waals surface area (Å²) in [6.45, 7) is 3.72. The molecule has 3 rings (SSSR count). The highest BCUT2D eigenvalue weighted by Crippen LogP contribution is 2.19. The molecular weight excluding hydrogens is 370 g/mol. The van der Waals surface area contributed by atoms with Gasteiger partial charge in [-0.3, -0.25) is 9.59 Å². The molecule has 29 heavy (non-hydrogen) atoms. The topological polar surface area (TPSA) is 79.0 Å². The van der Waals surface area contributed by atoms with Crippen molar-refractivity contribution in [2.24, 2.45) is 0 Å². The third kappa shape index (κ3) is 5.34. The first-order chi connectivity index (χ1) is 14.1. The van der Waals surface area contributed by atoms with Crippen molar-refractivity contribution < 1.29 is 19.1 Å². The molecule has 0 spiro atoms. The molecule has 1 aliphatic heterocycles. The van der Waals surface area contributed by atoms with Crippen LogP contribution >= 0.6 is 0 Å². The van der Waals surface area contributed by atoms with Gasteiger partial charge in [0.2, 0.25) is 5.91 Å². The smallest absolute Gasteiger partial charge is 0.409 e. The van der Waals surface area contributed by atoms with Gasteiger partial charge in [-0.2, -0.15) is 0 Å². The lowest BCUT2D eigenvalue weighted by molar-refractivity contribution is -0.131. The number of amides is 3. The van der Waals surface area contributed by atoms with Crippen molar-refractivity contribution in [3.63, 3.8) is 0 Å². The molecule has 0 aliphatic carbocycles. The van der Waals surface area contributed by atoms with Crippen LogP contribution < -0.4 is 5.32 Å². The Morgan fingerprint density at radius 1 is 0.897 bits per heavy atom. The Balaban J connectivity index is 1.51. The second kappa shape index (κ2) is 9.73. The summed E-state index contributed by atoms with van der Waals surface area (Å²) >= 11 is 0. The predicted octanol–water partition coefficient (Wildman–Crippen LogP) is 2.38. The second-order valence-corrected chi connectivity index (χ2v) is 6.70. The Bertz CT molecular complexity index is 861. The van der Waals surface area contributed by atoms with Crippen LogP contribution in [0.25, 0.3) is 11.1 Å². The summed E-state index contributed by atoms with van der Waals surface area (Å²) in [5.74, 6) is -0.456. The predicted molar refractivity (Wildman–Crippen MR) is 109 cm³/mol. The number of carbonyl (C=O) groups excluding carboxylic acids is 3. The Kier molecular flexibility index (Phi) is 6.84. The fourth-order valence-electron chi connectivity index (χ4n) is 3.19. The van der Waals surface area contributed by atoms with Crippen LogP contribution in [-0.2, 0) is 9.53 Å². The first-order valence-corrected chi connectivity index (χ1v) is 9.71. The molecule has 0 atom stereocenters. The van der Waals surface area contributed by atoms with Gasteiger partial charge in [-0.25, -0.2) is 4.79 Å². The minimum absolute atomic E-state index is 0.0756. The molecular formula is C22H25N3O4. The van der Waals surface area contributed by atoms with E-state index in [0.29, 0.717) is 38.3 Å². The summed E-state index contributed by atoms with van der Waals surface area (Å²) in [5, 5.41) is 2.69. The average molecular weight is 395 g/mol. The molecule has 1 fully saturated rings. The number of nitrogens with one attached hydrogen (secondary N) is 1. The number of carbonyl (C=O) groups is 3. The van der Waals surface area contributed by atoms with Gasteiger partial charge < -0.3 is 19.9 Å². The Morgan fingerprint density at radius 3 is 2.24 bits per heavy atom. The Labute approximate surface area is 170 Å². The van der Waals surface area contributed by atoms with Gasteiger partial charge in [0.1, 0.15) is 0 Å². The number of benzene rings is 2. The lowest BCUT2D eigenvalue weighted by Gasteiger charge is -2.34. The maximum Gasteiger partial charge on any atom is 0.409 e. The van der Waals surface area contributed by atoms with Gasteiger partial charge in [-0.05, 0) is 30.2 Å². The molecule has 7 nitrogen and oxygen atoms in total. The van der Waals surface area contributed by atoms with E-state index in [0.717, 1.165) is 11.1 Å². The third-order valence-corrected chi connectivity index (χ3v) is 4.79. The van der Waals surface area contributed by atoms with E-state index in [-0.39, 0.29) is 24.5 Å². The van der Waals surface area contributed by atoms with E-state index in [1.807, 2.05) is 48.5 Å². The molecule has 1 aliphatic rings. The van der Waals surface area contributed by atoms with Crippen molar-refractivity contribution in [1.82, 2.24) is 15.1 Å². The summed E-state index contributed by atoms with van der Waals surface area (Å²) in [6, 6.07) is 17.1. The normalized spacial score (nSPS) is 13.7. The van der Waals surface area contributed by atoms with Crippen LogP contribution in [0.2, 0.25) is 0 Å². The first-order valence-electron chi connectivity index (χ1n) is 9.71. The van der Waals surface area contributed by atoms with Crippen molar-refractivity contribution in [2.75, 3.05) is 39.3 Å². The number of piperazine rings is 1. The maximum absolute atomic E-state index is 12.5. The minimum atomic E-state index is -0.355. The van der Waals surface area contributed by atoms with Gasteiger partial charge in [0, 0.05) is 31.7 Å². The van der Waals surface area contributed by atoms with Crippen LogP contribution in [0, 0.1) is 0 Å². The molecule has 0 aromatic heterocycles. The number of hydrogen-bond donors (Lipinski definition) is 1. The number of nitrogens with zero attached hydrogens (tertiary/aromatic N) is 2. The lowest BCUT2D eigenvalue weighted by Crippen LogP contribution is -2.52. The van der Waals surface area contributed by atoms with E-state index in [2.05, 4.69) is 5.32 Å². The van der Waals surface area contributed by atoms with E-state index in [4.69, 9.17) is 4.74 Å². The van der Waals surface area contributed by atoms with Crippen LogP contribution in [0.15, 0.2) is 54.6 Å². The average Bonchev–Trinajstić information content (AvgIpc) is 2.78. The summed E-state index contributed by atoms with van der Waals surface area (Å²) in [4.78, 5) is 39.8. The second-order valence-electron chi connectivity index (χ2n) is 6.70. The molecule has 7 heteroatoms. The largest absolute Gasteiger partial charge is 0.450 e. The van der Waals surface area contributed by atoms with Gasteiger partial charge in [-0.1, -0.05) is 42.5 Å². The third-order valence-electron chi connectivity index (χ3n) is 4.79. The van der Waals surface area contributed by atoms with Crippen LogP contribution in [0.3, 0.4) is 0 Å². The van der Waals surface area contributed by atoms with E-state index >= 15 is 0 Å². The standard InChI is InChI=1S/C22H25N3O4/c1-2-29-22(28)25-13-11-24(12-14-25)20(26)16-23-21(27)19-10-6-9-18(15-19)17-7-4-3-5-8-17/h3-10,15H,2,11-14,16H2,1H3,(H,23,27). The van der Waals surface area contributed by atoms with Gasteiger partial charge >= 0.3 is 6.09 Å². The summed E-state index contributed by atoms with van der Waals surface area (Å²) in [5.41, 5.74) is 2.48. The van der Waals surface area contributed by atoms with Gasteiger partial charge in [-0.15, -0.1) is 0 Å². The van der Waals surface area contributed by atoms with Gasteiger partial charge in [0.25, 0.3) is 5.91 Å². The van der Waals surface area contributed by atoms with Gasteiger partial charge in [0.15, 0.2) is 0 Å². The molecule has 0 bridgehead atoms. The molecule has 1 N–H and O–H groups in total. The summed E-state index contributed by atoms with van der Waals surface area (Å²) < 4.78 is 4.97. The zero-order chi connectivity index (χ0) is 20.6. The fourth-order valence-corrected chi connectivity index (χ4v) is 3.19. The highest BCUT2D eigenvalue weighted by atomic mass is 16.6. The van der Waals surface area contributed by atoms with Crippen LogP contribution in [-0.4, -0.2) is 67.0 Å². The highest BCUT2D eigenvalue weighted by Gasteiger charge is 2.24. The fraction of sp³-hybridized carbons (Fsp3) is 0.318. The first kappa shape index (κ1) is 20.4. The van der Waals surface area contributed by atoms with Crippen molar-refractivity contribution >= 4 is 17.9 Å². The van der Waals surface area contributed by atoms with E-state index < -0.39 is 0 Å². The molecule has 0 saturated carbocycles. The van der Waals surface area contributed by atoms with E-state index in [1.54, 1.807) is 22.8 Å². The van der Waals surface area contributed by atoms with Crippen LogP contribution in [0.1, 0.15) is 17.3 Å². The zero-order valence-electron chi connectivity index (χ0n) is 16.5. The molecule has 1 saturated heterocycles. The summed E-state index contributed by atoms with van der Waals surface area (Å²) in [6.07, 6.45) is -0.355. The summed E-state index contributed by atoms with van der Waals surface area (Å²) in [7, 11) is 0. The monoisotopic (exact) mass is 395 g/mol. The van der Waals surface area contributed by atoms with Crippen molar-refractivity contribution in [3.05, 3.63) is 60.2 Å². The van der Waals surface area contributed by atoms with Crippen molar-refractivity contribution in [2.45, 2.75) is 6.92 Å². The maximum atomic E-state index is 12.5. The highest BCUT2D eigenvalue weighted by molar-refractivity contribution is 5.97. The number of rotatable bonds is 5. The quantitative estimate of drug-likeness (QED) is 0.843. The van der Waals surface area contributed by atoms with E-state index in [1.165, 1.54) is 0 Å². The van der Waals surface area contributed by atoms with Crippen molar-refractivity contribution in [1.29, 1.82) is 0 Å². The molecule has 2 aromatic carbocycles. The SMILES string of the molecule is CCOC(=O)N1CCN(C(=O)CNC(=O)c2cccc(-c3ccccc3)c2)CC1. The molecule has 2 aromatic rings. The molecule has 3 amide bonds. The Hall–Kier alpha value is -3.35. The van der Waals surface area contributed by atoms with Crippen LogP contribution in [0.5, 0.6) is 0 Å². The van der Waals surface area contributed by atoms with Crippen molar-refractivity contribution in [3.8, 4) is 11.1 Å². The number of ether oxygens (including phenoxy) is 1. The molecule has 152 valence electrons. The Morgan fingerprint density at radius 2 is 1.55 bits per heavy atom. The van der Waals surface area contributed by atoms with E-state index in [9.17, 15) is 14.4 Å². The van der Waals surface area contributed by atoms with Gasteiger partial charge in [0.05, 0.1) is 13.2 Å². The molecule has 1 heterocycles. The number of hydrogen-bond acceptors (Lipinski definition) is 4. The minimum Gasteiger partial charge on any atom is -0.450 e. The van der Waals surface area contributed by atoms with Crippen LogP contribution in [0.4, 0.5) is 4.79 Å². The molecule has 0 radical (unpaired) electrons. The zero-order valence-corrected chi connectivity index (χ0v) is 16.5.